The molecule has 0 aliphatic carbocycles. The van der Waals surface area contributed by atoms with Crippen LogP contribution in [0.5, 0.6) is 0 Å². The van der Waals surface area contributed by atoms with Gasteiger partial charge < -0.3 is 0 Å². The highest BCUT2D eigenvalue weighted by Crippen LogP contribution is 2.32. The molecule has 0 amide bonds. The summed E-state index contributed by atoms with van der Waals surface area (Å²) in [5.74, 6) is 0.591. The Morgan fingerprint density at radius 1 is 1.10 bits per heavy atom. The van der Waals surface area contributed by atoms with Crippen molar-refractivity contribution in [1.82, 2.24) is 0 Å². The molecule has 0 saturated heterocycles. The lowest BCUT2D eigenvalue weighted by Crippen LogP contribution is -2.35. The van der Waals surface area contributed by atoms with Crippen molar-refractivity contribution >= 4 is 30.3 Å². The van der Waals surface area contributed by atoms with E-state index in [0.717, 1.165) is 0 Å². The maximum atomic E-state index is 4.90. The van der Waals surface area contributed by atoms with Gasteiger partial charge in [-0.25, -0.2) is 0 Å². The normalized spacial score (nSPS) is 14.1. The van der Waals surface area contributed by atoms with Crippen LogP contribution in [-0.4, -0.2) is 6.71 Å². The molecule has 0 bridgehead atoms. The molecule has 0 fully saturated rings. The van der Waals surface area contributed by atoms with Gasteiger partial charge in [0.2, 0.25) is 6.71 Å². The highest BCUT2D eigenvalue weighted by Gasteiger charge is 2.30. The zero-order valence-electron chi connectivity index (χ0n) is 12.5. The van der Waals surface area contributed by atoms with Gasteiger partial charge in [-0.3, -0.25) is 0 Å². The molecule has 20 heavy (non-hydrogen) atoms. The number of fused-ring (bicyclic) bond motifs is 3. The fourth-order valence-electron chi connectivity index (χ4n) is 3.56. The Labute approximate surface area is 128 Å². The Kier molecular flexibility index (Phi) is 3.68. The first-order valence-corrected chi connectivity index (χ1v) is 8.04. The summed E-state index contributed by atoms with van der Waals surface area (Å²) in [4.78, 5) is 1.21. The molecule has 3 rings (SSSR count). The summed E-state index contributed by atoms with van der Waals surface area (Å²) in [5, 5.41) is 0. The van der Waals surface area contributed by atoms with Crippen LogP contribution in [0.25, 0.3) is 11.1 Å². The van der Waals surface area contributed by atoms with E-state index in [1.54, 1.807) is 0 Å². The van der Waals surface area contributed by atoms with Crippen molar-refractivity contribution in [1.29, 1.82) is 0 Å². The molecule has 1 aliphatic rings. The summed E-state index contributed by atoms with van der Waals surface area (Å²) < 4.78 is 0. The second kappa shape index (κ2) is 5.33. The van der Waals surface area contributed by atoms with Crippen LogP contribution >= 0.6 is 12.6 Å². The lowest BCUT2D eigenvalue weighted by Gasteiger charge is -2.17. The van der Waals surface area contributed by atoms with Gasteiger partial charge in [-0.15, -0.1) is 12.6 Å². The molecule has 2 aromatic rings. The third-order valence-corrected chi connectivity index (χ3v) is 5.15. The third-order valence-electron chi connectivity index (χ3n) is 4.65. The molecule has 2 aromatic carbocycles. The van der Waals surface area contributed by atoms with Crippen molar-refractivity contribution in [3.05, 3.63) is 42.0 Å². The van der Waals surface area contributed by atoms with E-state index >= 15 is 0 Å². The van der Waals surface area contributed by atoms with Crippen LogP contribution < -0.4 is 10.9 Å². The van der Waals surface area contributed by atoms with Crippen LogP contribution in [0.1, 0.15) is 38.2 Å². The highest BCUT2D eigenvalue weighted by atomic mass is 32.1. The Morgan fingerprint density at radius 3 is 2.60 bits per heavy atom. The van der Waals surface area contributed by atoms with Gasteiger partial charge in [0.25, 0.3) is 0 Å². The first kappa shape index (κ1) is 13.8. The van der Waals surface area contributed by atoms with E-state index in [9.17, 15) is 0 Å². The van der Waals surface area contributed by atoms with Gasteiger partial charge in [0.15, 0.2) is 0 Å². The molecule has 0 N–H and O–H groups in total. The van der Waals surface area contributed by atoms with Gasteiger partial charge in [0, 0.05) is 4.90 Å². The Morgan fingerprint density at radius 2 is 1.85 bits per heavy atom. The minimum absolute atomic E-state index is 0.461. The summed E-state index contributed by atoms with van der Waals surface area (Å²) in [5.41, 5.74) is 7.05. The van der Waals surface area contributed by atoms with Crippen molar-refractivity contribution in [2.75, 3.05) is 0 Å². The van der Waals surface area contributed by atoms with Gasteiger partial charge in [-0.05, 0) is 29.0 Å². The molecule has 0 radical (unpaired) electrons. The van der Waals surface area contributed by atoms with Crippen LogP contribution in [0.3, 0.4) is 0 Å². The Bertz CT molecular complexity index is 648. The number of hydrogen-bond acceptors (Lipinski definition) is 1. The summed E-state index contributed by atoms with van der Waals surface area (Å²) in [6.07, 6.45) is 2.45. The van der Waals surface area contributed by atoms with E-state index in [0.29, 0.717) is 12.6 Å². The van der Waals surface area contributed by atoms with Gasteiger partial charge >= 0.3 is 0 Å². The average Bonchev–Trinajstić information content (AvgIpc) is 2.74. The highest BCUT2D eigenvalue weighted by molar-refractivity contribution is 7.80. The van der Waals surface area contributed by atoms with Gasteiger partial charge in [0.1, 0.15) is 0 Å². The lowest BCUT2D eigenvalue weighted by molar-refractivity contribution is 0.656. The lowest BCUT2D eigenvalue weighted by atomic mass is 9.45. The van der Waals surface area contributed by atoms with Crippen molar-refractivity contribution in [3.8, 4) is 11.1 Å². The molecular weight excluding hydrogens is 259 g/mol. The van der Waals surface area contributed by atoms with Crippen molar-refractivity contribution in [2.45, 2.75) is 44.3 Å². The van der Waals surface area contributed by atoms with Crippen molar-refractivity contribution < 1.29 is 0 Å². The van der Waals surface area contributed by atoms with Crippen LogP contribution in [0.2, 0.25) is 6.82 Å². The van der Waals surface area contributed by atoms with E-state index in [4.69, 9.17) is 12.6 Å². The van der Waals surface area contributed by atoms with E-state index < -0.39 is 0 Å². The molecule has 1 unspecified atom stereocenters. The standard InChI is InChI=1S/C18H21BS/c1-4-7-12(2)13-10-11-15-14-8-5-6-9-16(14)19(3)17(15)18(13)20/h5-6,8-12,20H,4,7H2,1-3H3. The number of rotatable bonds is 3. The molecule has 0 nitrogen and oxygen atoms in total. The summed E-state index contributed by atoms with van der Waals surface area (Å²) >= 11 is 4.90. The van der Waals surface area contributed by atoms with Gasteiger partial charge in [0.05, 0.1) is 0 Å². The average molecular weight is 280 g/mol. The van der Waals surface area contributed by atoms with E-state index in [-0.39, 0.29) is 0 Å². The fraction of sp³-hybridized carbons (Fsp3) is 0.333. The number of thiol groups is 1. The molecule has 2 heteroatoms. The topological polar surface area (TPSA) is 0 Å². The van der Waals surface area contributed by atoms with Crippen LogP contribution in [0.4, 0.5) is 0 Å². The van der Waals surface area contributed by atoms with E-state index in [2.05, 4.69) is 57.1 Å². The molecular formula is C18H21BS. The Hall–Kier alpha value is -1.15. The number of hydrogen-bond donors (Lipinski definition) is 1. The first-order chi connectivity index (χ1) is 9.65. The number of benzene rings is 2. The predicted octanol–water partition coefficient (Wildman–Crippen LogP) is 4.10. The minimum atomic E-state index is 0.461. The second-order valence-electron chi connectivity index (χ2n) is 5.96. The molecule has 1 heterocycles. The Balaban J connectivity index is 2.14. The smallest absolute Gasteiger partial charge is 0.144 e. The quantitative estimate of drug-likeness (QED) is 0.635. The van der Waals surface area contributed by atoms with Crippen molar-refractivity contribution in [2.24, 2.45) is 0 Å². The van der Waals surface area contributed by atoms with Gasteiger partial charge in [-0.2, -0.15) is 0 Å². The van der Waals surface area contributed by atoms with E-state index in [1.165, 1.54) is 45.4 Å². The predicted molar refractivity (Wildman–Crippen MR) is 93.3 cm³/mol. The van der Waals surface area contributed by atoms with Crippen LogP contribution in [0, 0.1) is 0 Å². The zero-order chi connectivity index (χ0) is 14.3. The maximum absolute atomic E-state index is 4.90. The second-order valence-corrected chi connectivity index (χ2v) is 6.41. The third kappa shape index (κ3) is 2.02. The largest absolute Gasteiger partial charge is 0.209 e. The SMILES string of the molecule is CCCC(C)c1ccc2c(c1S)B(C)c1ccccc1-2. The summed E-state index contributed by atoms with van der Waals surface area (Å²) in [6, 6.07) is 13.4. The van der Waals surface area contributed by atoms with E-state index in [1.807, 2.05) is 0 Å². The van der Waals surface area contributed by atoms with Crippen LogP contribution in [-0.2, 0) is 0 Å². The molecule has 0 spiro atoms. The monoisotopic (exact) mass is 280 g/mol. The minimum Gasteiger partial charge on any atom is -0.144 e. The molecule has 0 aromatic heterocycles. The van der Waals surface area contributed by atoms with Crippen LogP contribution in [0.15, 0.2) is 41.3 Å². The van der Waals surface area contributed by atoms with Gasteiger partial charge in [-0.1, -0.05) is 74.4 Å². The molecule has 1 atom stereocenters. The maximum Gasteiger partial charge on any atom is 0.209 e. The first-order valence-electron chi connectivity index (χ1n) is 7.60. The zero-order valence-corrected chi connectivity index (χ0v) is 13.4. The summed E-state index contributed by atoms with van der Waals surface area (Å²) in [6.45, 7) is 7.33. The molecule has 0 saturated carbocycles. The molecule has 1 aliphatic heterocycles. The van der Waals surface area contributed by atoms with Crippen molar-refractivity contribution in [3.63, 3.8) is 0 Å². The summed E-state index contributed by atoms with van der Waals surface area (Å²) in [7, 11) is 0. The molecule has 102 valence electrons. The fourth-order valence-corrected chi connectivity index (χ4v) is 4.17.